The highest BCUT2D eigenvalue weighted by molar-refractivity contribution is 5.46. The van der Waals surface area contributed by atoms with Crippen molar-refractivity contribution in [2.75, 3.05) is 11.9 Å². The number of unbranched alkanes of at least 4 members (excludes halogenated alkanes) is 1. The first-order chi connectivity index (χ1) is 8.26. The average molecular weight is 232 g/mol. The fraction of sp³-hybridized carbons (Fsp3) is 0.500. The number of rotatable bonds is 7. The van der Waals surface area contributed by atoms with Crippen molar-refractivity contribution in [2.45, 2.75) is 39.2 Å². The number of hydrogen-bond donors (Lipinski definition) is 1. The van der Waals surface area contributed by atoms with Crippen molar-refractivity contribution < 1.29 is 4.74 Å². The molecule has 0 amide bonds. The van der Waals surface area contributed by atoms with Crippen molar-refractivity contribution in [1.29, 1.82) is 5.26 Å². The molecule has 0 spiro atoms. The zero-order chi connectivity index (χ0) is 12.5. The highest BCUT2D eigenvalue weighted by atomic mass is 16.5. The predicted octanol–water partition coefficient (Wildman–Crippen LogP) is 3.58. The number of nitrogens with one attached hydrogen (secondary N) is 1. The van der Waals surface area contributed by atoms with Gasteiger partial charge in [0.15, 0.2) is 6.61 Å². The van der Waals surface area contributed by atoms with Gasteiger partial charge in [0, 0.05) is 11.7 Å². The van der Waals surface area contributed by atoms with Crippen LogP contribution >= 0.6 is 0 Å². The monoisotopic (exact) mass is 232 g/mol. The molecule has 3 heteroatoms. The van der Waals surface area contributed by atoms with Crippen LogP contribution in [0, 0.1) is 11.3 Å². The summed E-state index contributed by atoms with van der Waals surface area (Å²) in [4.78, 5) is 0. The second-order valence-electron chi connectivity index (χ2n) is 4.16. The number of nitrogens with zero attached hydrogens (tertiary/aromatic N) is 1. The molecule has 0 saturated heterocycles. The van der Waals surface area contributed by atoms with Crippen LogP contribution in [0.1, 0.15) is 33.1 Å². The Morgan fingerprint density at radius 1 is 1.35 bits per heavy atom. The summed E-state index contributed by atoms with van der Waals surface area (Å²) in [6.07, 6.45) is 3.66. The lowest BCUT2D eigenvalue weighted by Crippen LogP contribution is -2.14. The lowest BCUT2D eigenvalue weighted by molar-refractivity contribution is 0.368. The standard InChI is InChI=1S/C14H20N2O/c1-3-4-5-12(2)16-13-6-8-14(9-7-13)17-11-10-15/h6-9,12,16H,3-5,11H2,1-2H3. The Balaban J connectivity index is 2.42. The summed E-state index contributed by atoms with van der Waals surface area (Å²) >= 11 is 0. The van der Waals surface area contributed by atoms with E-state index in [1.165, 1.54) is 19.3 Å². The van der Waals surface area contributed by atoms with E-state index in [2.05, 4.69) is 19.2 Å². The molecular weight excluding hydrogens is 212 g/mol. The van der Waals surface area contributed by atoms with Gasteiger partial charge in [0.25, 0.3) is 0 Å². The molecule has 0 aromatic heterocycles. The van der Waals surface area contributed by atoms with Crippen LogP contribution in [0.2, 0.25) is 0 Å². The van der Waals surface area contributed by atoms with E-state index >= 15 is 0 Å². The maximum absolute atomic E-state index is 8.40. The Morgan fingerprint density at radius 3 is 2.65 bits per heavy atom. The average Bonchev–Trinajstić information content (AvgIpc) is 2.35. The third-order valence-electron chi connectivity index (χ3n) is 2.56. The van der Waals surface area contributed by atoms with Crippen LogP contribution < -0.4 is 10.1 Å². The fourth-order valence-corrected chi connectivity index (χ4v) is 1.63. The van der Waals surface area contributed by atoms with Gasteiger partial charge in [0.2, 0.25) is 0 Å². The minimum atomic E-state index is 0.0969. The first-order valence-electron chi connectivity index (χ1n) is 6.12. The molecule has 1 rings (SSSR count). The van der Waals surface area contributed by atoms with Crippen molar-refractivity contribution in [3.63, 3.8) is 0 Å². The zero-order valence-corrected chi connectivity index (χ0v) is 10.6. The fourth-order valence-electron chi connectivity index (χ4n) is 1.63. The maximum atomic E-state index is 8.40. The molecule has 3 nitrogen and oxygen atoms in total. The summed E-state index contributed by atoms with van der Waals surface area (Å²) in [5.41, 5.74) is 1.10. The van der Waals surface area contributed by atoms with Crippen LogP contribution in [0.15, 0.2) is 24.3 Å². The largest absolute Gasteiger partial charge is 0.479 e. The second kappa shape index (κ2) is 7.56. The van der Waals surface area contributed by atoms with Gasteiger partial charge in [-0.05, 0) is 37.6 Å². The molecule has 0 radical (unpaired) electrons. The number of hydrogen-bond acceptors (Lipinski definition) is 3. The molecule has 0 aliphatic heterocycles. The summed E-state index contributed by atoms with van der Waals surface area (Å²) in [7, 11) is 0. The van der Waals surface area contributed by atoms with Gasteiger partial charge in [0.05, 0.1) is 0 Å². The Bertz CT molecular complexity index is 353. The molecule has 0 saturated carbocycles. The summed E-state index contributed by atoms with van der Waals surface area (Å²) in [6.45, 7) is 4.49. The Morgan fingerprint density at radius 2 is 2.06 bits per heavy atom. The molecule has 1 N–H and O–H groups in total. The molecule has 17 heavy (non-hydrogen) atoms. The first kappa shape index (κ1) is 13.4. The number of ether oxygens (including phenoxy) is 1. The highest BCUT2D eigenvalue weighted by Crippen LogP contribution is 2.17. The van der Waals surface area contributed by atoms with Crippen LogP contribution in [-0.2, 0) is 0 Å². The molecule has 0 aliphatic rings. The van der Waals surface area contributed by atoms with Gasteiger partial charge < -0.3 is 10.1 Å². The molecule has 0 fully saturated rings. The van der Waals surface area contributed by atoms with E-state index in [1.807, 2.05) is 30.3 Å². The Labute approximate surface area is 103 Å². The van der Waals surface area contributed by atoms with Crippen molar-refractivity contribution in [3.05, 3.63) is 24.3 Å². The molecule has 1 atom stereocenters. The predicted molar refractivity (Wildman–Crippen MR) is 70.2 cm³/mol. The second-order valence-corrected chi connectivity index (χ2v) is 4.16. The third kappa shape index (κ3) is 5.26. The quantitative estimate of drug-likeness (QED) is 0.781. The van der Waals surface area contributed by atoms with E-state index in [0.717, 1.165) is 11.4 Å². The summed E-state index contributed by atoms with van der Waals surface area (Å²) in [5, 5.41) is 11.8. The van der Waals surface area contributed by atoms with E-state index in [9.17, 15) is 0 Å². The molecule has 1 aromatic carbocycles. The molecule has 1 unspecified atom stereocenters. The molecule has 0 heterocycles. The lowest BCUT2D eigenvalue weighted by atomic mass is 10.1. The van der Waals surface area contributed by atoms with Crippen molar-refractivity contribution in [2.24, 2.45) is 0 Å². The van der Waals surface area contributed by atoms with Gasteiger partial charge in [0.1, 0.15) is 11.8 Å². The van der Waals surface area contributed by atoms with Gasteiger partial charge in [-0.3, -0.25) is 0 Å². The topological polar surface area (TPSA) is 45.0 Å². The Hall–Kier alpha value is -1.69. The smallest absolute Gasteiger partial charge is 0.174 e. The lowest BCUT2D eigenvalue weighted by Gasteiger charge is -2.15. The summed E-state index contributed by atoms with van der Waals surface area (Å²) in [5.74, 6) is 0.735. The minimum Gasteiger partial charge on any atom is -0.479 e. The van der Waals surface area contributed by atoms with Crippen LogP contribution in [0.25, 0.3) is 0 Å². The number of benzene rings is 1. The van der Waals surface area contributed by atoms with E-state index < -0.39 is 0 Å². The molecule has 1 aromatic rings. The van der Waals surface area contributed by atoms with Crippen molar-refractivity contribution in [3.8, 4) is 11.8 Å². The molecular formula is C14H20N2O. The number of nitriles is 1. The normalized spacial score (nSPS) is 11.6. The van der Waals surface area contributed by atoms with Crippen LogP contribution in [-0.4, -0.2) is 12.6 Å². The molecule has 0 aliphatic carbocycles. The Kier molecular flexibility index (Phi) is 5.95. The van der Waals surface area contributed by atoms with Crippen LogP contribution in [0.5, 0.6) is 5.75 Å². The van der Waals surface area contributed by atoms with E-state index in [0.29, 0.717) is 6.04 Å². The zero-order valence-electron chi connectivity index (χ0n) is 10.6. The summed E-state index contributed by atoms with van der Waals surface area (Å²) < 4.78 is 5.19. The summed E-state index contributed by atoms with van der Waals surface area (Å²) in [6, 6.07) is 10.2. The van der Waals surface area contributed by atoms with Crippen LogP contribution in [0.4, 0.5) is 5.69 Å². The van der Waals surface area contributed by atoms with Gasteiger partial charge >= 0.3 is 0 Å². The first-order valence-corrected chi connectivity index (χ1v) is 6.12. The number of anilines is 1. The van der Waals surface area contributed by atoms with Gasteiger partial charge in [-0.2, -0.15) is 5.26 Å². The third-order valence-corrected chi connectivity index (χ3v) is 2.56. The van der Waals surface area contributed by atoms with Gasteiger partial charge in [-0.15, -0.1) is 0 Å². The molecule has 92 valence electrons. The van der Waals surface area contributed by atoms with Gasteiger partial charge in [-0.25, -0.2) is 0 Å². The van der Waals surface area contributed by atoms with Crippen LogP contribution in [0.3, 0.4) is 0 Å². The van der Waals surface area contributed by atoms with E-state index in [1.54, 1.807) is 0 Å². The van der Waals surface area contributed by atoms with Crippen molar-refractivity contribution >= 4 is 5.69 Å². The van der Waals surface area contributed by atoms with Gasteiger partial charge in [-0.1, -0.05) is 19.8 Å². The van der Waals surface area contributed by atoms with Crippen molar-refractivity contribution in [1.82, 2.24) is 0 Å². The molecule has 0 bridgehead atoms. The minimum absolute atomic E-state index is 0.0969. The SMILES string of the molecule is CCCCC(C)Nc1ccc(OCC#N)cc1. The van der Waals surface area contributed by atoms with E-state index in [4.69, 9.17) is 10.00 Å². The highest BCUT2D eigenvalue weighted by Gasteiger charge is 2.01. The maximum Gasteiger partial charge on any atom is 0.174 e. The van der Waals surface area contributed by atoms with E-state index in [-0.39, 0.29) is 6.61 Å².